The van der Waals surface area contributed by atoms with E-state index >= 15 is 0 Å². The van der Waals surface area contributed by atoms with Gasteiger partial charge in [-0.2, -0.15) is 0 Å². The summed E-state index contributed by atoms with van der Waals surface area (Å²) in [6.07, 6.45) is 3.70. The Hall–Kier alpha value is -0.590. The van der Waals surface area contributed by atoms with Crippen LogP contribution in [0.1, 0.15) is 39.5 Å². The first-order valence-electron chi connectivity index (χ1n) is 3.93. The van der Waals surface area contributed by atoms with Gasteiger partial charge in [0.25, 0.3) is 0 Å². The molecule has 0 fully saturated rings. The van der Waals surface area contributed by atoms with Crippen LogP contribution in [0.3, 0.4) is 0 Å². The van der Waals surface area contributed by atoms with Crippen molar-refractivity contribution in [2.24, 2.45) is 0 Å². The first-order chi connectivity index (χ1) is 4.72. The summed E-state index contributed by atoms with van der Waals surface area (Å²) >= 11 is 0. The molecule has 0 saturated carbocycles. The zero-order valence-corrected chi connectivity index (χ0v) is 6.94. The Bertz CT molecular complexity index is 125. The van der Waals surface area contributed by atoms with E-state index in [4.69, 9.17) is 0 Å². The van der Waals surface area contributed by atoms with Crippen LogP contribution in [0.25, 0.3) is 0 Å². The lowest BCUT2D eigenvalue weighted by Gasteiger charge is -1.99. The Labute approximate surface area is 63.1 Å². The number of hydrogen-bond donors (Lipinski definition) is 0. The third-order valence-corrected chi connectivity index (χ3v) is 1.55. The average Bonchev–Trinajstić information content (AvgIpc) is 1.98. The number of carbonyl (C=O) groups excluding carboxylic acids is 1. The van der Waals surface area contributed by atoms with Crippen molar-refractivity contribution in [3.05, 3.63) is 12.2 Å². The van der Waals surface area contributed by atoms with E-state index in [1.165, 1.54) is 0 Å². The summed E-state index contributed by atoms with van der Waals surface area (Å²) in [5.74, 6) is 0.216. The van der Waals surface area contributed by atoms with Gasteiger partial charge < -0.3 is 0 Å². The fourth-order valence-electron chi connectivity index (χ4n) is 0.780. The van der Waals surface area contributed by atoms with Crippen LogP contribution in [0, 0.1) is 0 Å². The van der Waals surface area contributed by atoms with Gasteiger partial charge >= 0.3 is 0 Å². The number of hydrogen-bond acceptors (Lipinski definition) is 1. The number of rotatable bonds is 5. The number of ketones is 1. The number of unbranched alkanes of at least 4 members (excludes halogenated alkanes) is 1. The third kappa shape index (κ3) is 3.44. The molecule has 10 heavy (non-hydrogen) atoms. The molecule has 0 bridgehead atoms. The van der Waals surface area contributed by atoms with Gasteiger partial charge in [0.1, 0.15) is 0 Å². The van der Waals surface area contributed by atoms with Crippen molar-refractivity contribution >= 4 is 5.78 Å². The Morgan fingerprint density at radius 1 is 1.40 bits per heavy atom. The van der Waals surface area contributed by atoms with Crippen LogP contribution in [0.5, 0.6) is 0 Å². The molecular weight excluding hydrogens is 124 g/mol. The van der Waals surface area contributed by atoms with Crippen molar-refractivity contribution in [1.29, 1.82) is 0 Å². The van der Waals surface area contributed by atoms with Gasteiger partial charge in [-0.1, -0.05) is 26.8 Å². The highest BCUT2D eigenvalue weighted by atomic mass is 16.1. The Morgan fingerprint density at radius 3 is 2.40 bits per heavy atom. The van der Waals surface area contributed by atoms with E-state index in [1.807, 2.05) is 6.92 Å². The second-order valence-corrected chi connectivity index (χ2v) is 2.48. The van der Waals surface area contributed by atoms with E-state index < -0.39 is 0 Å². The summed E-state index contributed by atoms with van der Waals surface area (Å²) in [6, 6.07) is 0. The van der Waals surface area contributed by atoms with Gasteiger partial charge in [0.2, 0.25) is 0 Å². The van der Waals surface area contributed by atoms with Gasteiger partial charge in [-0.15, -0.1) is 0 Å². The van der Waals surface area contributed by atoms with E-state index in [9.17, 15) is 4.79 Å². The van der Waals surface area contributed by atoms with Crippen LogP contribution in [0.15, 0.2) is 12.2 Å². The van der Waals surface area contributed by atoms with E-state index in [-0.39, 0.29) is 5.78 Å². The number of allylic oxidation sites excluding steroid dienone is 1. The van der Waals surface area contributed by atoms with E-state index in [1.54, 1.807) is 0 Å². The Morgan fingerprint density at radius 2 is 2.00 bits per heavy atom. The zero-order valence-electron chi connectivity index (χ0n) is 6.94. The van der Waals surface area contributed by atoms with Crippen molar-refractivity contribution in [3.8, 4) is 0 Å². The molecule has 0 radical (unpaired) electrons. The first-order valence-corrected chi connectivity index (χ1v) is 3.93. The molecule has 58 valence electrons. The van der Waals surface area contributed by atoms with Crippen molar-refractivity contribution in [3.63, 3.8) is 0 Å². The van der Waals surface area contributed by atoms with E-state index in [2.05, 4.69) is 13.5 Å². The second kappa shape index (κ2) is 5.21. The molecule has 0 aliphatic rings. The highest BCUT2D eigenvalue weighted by Crippen LogP contribution is 2.06. The molecule has 1 nitrogen and oxygen atoms in total. The van der Waals surface area contributed by atoms with Gasteiger partial charge in [-0.25, -0.2) is 0 Å². The molecule has 0 amide bonds. The Kier molecular flexibility index (Phi) is 4.91. The molecule has 1 heteroatoms. The minimum atomic E-state index is 0.216. The van der Waals surface area contributed by atoms with Crippen molar-refractivity contribution in [1.82, 2.24) is 0 Å². The normalized spacial score (nSPS) is 9.40. The van der Waals surface area contributed by atoms with Crippen LogP contribution < -0.4 is 0 Å². The summed E-state index contributed by atoms with van der Waals surface area (Å²) in [7, 11) is 0. The van der Waals surface area contributed by atoms with Gasteiger partial charge in [0.15, 0.2) is 5.78 Å². The summed E-state index contributed by atoms with van der Waals surface area (Å²) in [4.78, 5) is 10.9. The molecule has 0 spiro atoms. The largest absolute Gasteiger partial charge is 0.295 e. The predicted octanol–water partition coefficient (Wildman–Crippen LogP) is 2.71. The monoisotopic (exact) mass is 140 g/mol. The van der Waals surface area contributed by atoms with Crippen LogP contribution in [0.4, 0.5) is 0 Å². The quantitative estimate of drug-likeness (QED) is 0.536. The summed E-state index contributed by atoms with van der Waals surface area (Å²) in [5.41, 5.74) is 0.796. The van der Waals surface area contributed by atoms with Crippen LogP contribution in [0.2, 0.25) is 0 Å². The summed E-state index contributed by atoms with van der Waals surface area (Å²) in [6.45, 7) is 7.70. The maximum atomic E-state index is 10.9. The molecule has 0 heterocycles. The first kappa shape index (κ1) is 9.41. The maximum absolute atomic E-state index is 10.9. The lowest BCUT2D eigenvalue weighted by Crippen LogP contribution is -1.98. The minimum Gasteiger partial charge on any atom is -0.295 e. The molecule has 0 aliphatic heterocycles. The maximum Gasteiger partial charge on any atom is 0.157 e. The molecule has 0 aromatic carbocycles. The van der Waals surface area contributed by atoms with Crippen molar-refractivity contribution in [2.45, 2.75) is 39.5 Å². The standard InChI is InChI=1S/C9H16O/c1-4-6-7-8(3)9(10)5-2/h3-7H2,1-2H3. The van der Waals surface area contributed by atoms with Gasteiger partial charge in [0, 0.05) is 6.42 Å². The lowest BCUT2D eigenvalue weighted by molar-refractivity contribution is -0.115. The molecular formula is C9H16O. The molecule has 0 unspecified atom stereocenters. The zero-order chi connectivity index (χ0) is 7.98. The molecule has 0 saturated heterocycles. The highest BCUT2D eigenvalue weighted by molar-refractivity contribution is 5.94. The molecule has 0 aromatic rings. The average molecular weight is 140 g/mol. The van der Waals surface area contributed by atoms with E-state index in [0.717, 1.165) is 24.8 Å². The molecule has 0 rings (SSSR count). The van der Waals surface area contributed by atoms with Gasteiger partial charge in [-0.05, 0) is 18.4 Å². The predicted molar refractivity (Wildman–Crippen MR) is 44.0 cm³/mol. The van der Waals surface area contributed by atoms with Crippen molar-refractivity contribution in [2.75, 3.05) is 0 Å². The van der Waals surface area contributed by atoms with Crippen LogP contribution in [-0.2, 0) is 4.79 Å². The summed E-state index contributed by atoms with van der Waals surface area (Å²) in [5, 5.41) is 0. The molecule has 0 atom stereocenters. The van der Waals surface area contributed by atoms with Gasteiger partial charge in [-0.3, -0.25) is 4.79 Å². The number of carbonyl (C=O) groups is 1. The third-order valence-electron chi connectivity index (χ3n) is 1.55. The Balaban J connectivity index is 3.52. The smallest absolute Gasteiger partial charge is 0.157 e. The molecule has 0 aromatic heterocycles. The number of Topliss-reactive ketones (excluding diaryl/α,β-unsaturated/α-hetero) is 1. The SMILES string of the molecule is C=C(CCCC)C(=O)CC. The fourth-order valence-corrected chi connectivity index (χ4v) is 0.780. The molecule has 0 N–H and O–H groups in total. The van der Waals surface area contributed by atoms with Crippen LogP contribution in [-0.4, -0.2) is 5.78 Å². The second-order valence-electron chi connectivity index (χ2n) is 2.48. The summed E-state index contributed by atoms with van der Waals surface area (Å²) < 4.78 is 0. The minimum absolute atomic E-state index is 0.216. The fraction of sp³-hybridized carbons (Fsp3) is 0.667. The van der Waals surface area contributed by atoms with E-state index in [0.29, 0.717) is 6.42 Å². The van der Waals surface area contributed by atoms with Crippen LogP contribution >= 0.6 is 0 Å². The van der Waals surface area contributed by atoms with Gasteiger partial charge in [0.05, 0.1) is 0 Å². The molecule has 0 aliphatic carbocycles. The topological polar surface area (TPSA) is 17.1 Å². The highest BCUT2D eigenvalue weighted by Gasteiger charge is 2.01. The lowest BCUT2D eigenvalue weighted by atomic mass is 10.1. The van der Waals surface area contributed by atoms with Crippen molar-refractivity contribution < 1.29 is 4.79 Å².